The van der Waals surface area contributed by atoms with Crippen LogP contribution in [0.1, 0.15) is 20.9 Å². The van der Waals surface area contributed by atoms with Gasteiger partial charge in [-0.3, -0.25) is 14.4 Å². The lowest BCUT2D eigenvalue weighted by Crippen LogP contribution is -2.32. The van der Waals surface area contributed by atoms with Gasteiger partial charge in [0.05, 0.1) is 6.54 Å². The molecule has 22 heavy (non-hydrogen) atoms. The molecule has 0 saturated carbocycles. The standard InChI is InChI=1S/C14H12BrN3O4/c15-11-6-5-10(22-11)14(21)17-7-12(19)18-9-3-1-8(2-4-9)13(16)20/h1-6H,7H2,(H2,16,20)(H,17,21)(H,18,19). The smallest absolute Gasteiger partial charge is 0.287 e. The molecule has 0 aliphatic rings. The summed E-state index contributed by atoms with van der Waals surface area (Å²) in [4.78, 5) is 34.3. The number of hydrogen-bond acceptors (Lipinski definition) is 4. The van der Waals surface area contributed by atoms with Crippen molar-refractivity contribution >= 4 is 39.3 Å². The van der Waals surface area contributed by atoms with Crippen molar-refractivity contribution in [1.29, 1.82) is 0 Å². The zero-order chi connectivity index (χ0) is 16.1. The minimum atomic E-state index is -0.547. The first-order chi connectivity index (χ1) is 10.5. The average molecular weight is 366 g/mol. The van der Waals surface area contributed by atoms with Crippen LogP contribution in [0.4, 0.5) is 5.69 Å². The van der Waals surface area contributed by atoms with Crippen molar-refractivity contribution in [3.63, 3.8) is 0 Å². The second-order valence-electron chi connectivity index (χ2n) is 4.28. The number of benzene rings is 1. The Bertz CT molecular complexity index is 709. The monoisotopic (exact) mass is 365 g/mol. The molecule has 7 nitrogen and oxygen atoms in total. The van der Waals surface area contributed by atoms with Gasteiger partial charge in [-0.1, -0.05) is 0 Å². The predicted octanol–water partition coefficient (Wildman–Crippen LogP) is 1.51. The Morgan fingerprint density at radius 3 is 2.32 bits per heavy atom. The van der Waals surface area contributed by atoms with E-state index in [1.165, 1.54) is 18.2 Å². The van der Waals surface area contributed by atoms with Crippen molar-refractivity contribution < 1.29 is 18.8 Å². The van der Waals surface area contributed by atoms with E-state index in [1.807, 2.05) is 0 Å². The van der Waals surface area contributed by atoms with Crippen molar-refractivity contribution in [2.45, 2.75) is 0 Å². The van der Waals surface area contributed by atoms with E-state index in [-0.39, 0.29) is 12.3 Å². The topological polar surface area (TPSA) is 114 Å². The fourth-order valence-electron chi connectivity index (χ4n) is 1.61. The highest BCUT2D eigenvalue weighted by atomic mass is 79.9. The molecule has 0 bridgehead atoms. The molecule has 114 valence electrons. The maximum absolute atomic E-state index is 11.7. The Morgan fingerprint density at radius 2 is 1.77 bits per heavy atom. The molecule has 1 aromatic carbocycles. The summed E-state index contributed by atoms with van der Waals surface area (Å²) < 4.78 is 5.49. The summed E-state index contributed by atoms with van der Waals surface area (Å²) in [6, 6.07) is 9.15. The first kappa shape index (κ1) is 15.8. The van der Waals surface area contributed by atoms with Gasteiger partial charge in [0.25, 0.3) is 5.91 Å². The quantitative estimate of drug-likeness (QED) is 0.744. The average Bonchev–Trinajstić information content (AvgIpc) is 2.92. The van der Waals surface area contributed by atoms with E-state index in [0.717, 1.165) is 0 Å². The van der Waals surface area contributed by atoms with Crippen LogP contribution in [-0.2, 0) is 4.79 Å². The normalized spacial score (nSPS) is 10.0. The number of hydrogen-bond donors (Lipinski definition) is 3. The van der Waals surface area contributed by atoms with Gasteiger partial charge in [0.1, 0.15) is 0 Å². The van der Waals surface area contributed by atoms with Gasteiger partial charge >= 0.3 is 0 Å². The number of rotatable bonds is 5. The Kier molecular flexibility index (Phi) is 4.95. The molecular weight excluding hydrogens is 354 g/mol. The Morgan fingerprint density at radius 1 is 1.09 bits per heavy atom. The number of anilines is 1. The molecule has 4 N–H and O–H groups in total. The molecule has 1 heterocycles. The van der Waals surface area contributed by atoms with Crippen LogP contribution in [0.25, 0.3) is 0 Å². The molecule has 3 amide bonds. The fourth-order valence-corrected chi connectivity index (χ4v) is 1.91. The summed E-state index contributed by atoms with van der Waals surface area (Å²) in [5, 5.41) is 5.00. The largest absolute Gasteiger partial charge is 0.444 e. The SMILES string of the molecule is NC(=O)c1ccc(NC(=O)CNC(=O)c2ccc(Br)o2)cc1. The highest BCUT2D eigenvalue weighted by Gasteiger charge is 2.12. The van der Waals surface area contributed by atoms with Crippen LogP contribution in [0.15, 0.2) is 45.5 Å². The summed E-state index contributed by atoms with van der Waals surface area (Å²) in [6.45, 7) is -0.214. The number of amides is 3. The highest BCUT2D eigenvalue weighted by molar-refractivity contribution is 9.10. The summed E-state index contributed by atoms with van der Waals surface area (Å²) in [7, 11) is 0. The third-order valence-corrected chi connectivity index (χ3v) is 3.09. The minimum absolute atomic E-state index is 0.102. The fraction of sp³-hybridized carbons (Fsp3) is 0.0714. The number of nitrogens with two attached hydrogens (primary N) is 1. The summed E-state index contributed by atoms with van der Waals surface area (Å²) >= 11 is 3.08. The van der Waals surface area contributed by atoms with E-state index < -0.39 is 17.7 Å². The molecule has 2 aromatic rings. The minimum Gasteiger partial charge on any atom is -0.444 e. The first-order valence-electron chi connectivity index (χ1n) is 6.19. The lowest BCUT2D eigenvalue weighted by molar-refractivity contribution is -0.115. The van der Waals surface area contributed by atoms with E-state index in [4.69, 9.17) is 10.2 Å². The van der Waals surface area contributed by atoms with Crippen molar-refractivity contribution in [1.82, 2.24) is 5.32 Å². The van der Waals surface area contributed by atoms with Crippen molar-refractivity contribution in [2.75, 3.05) is 11.9 Å². The number of primary amides is 1. The molecule has 0 aliphatic heterocycles. The van der Waals surface area contributed by atoms with Crippen molar-refractivity contribution in [2.24, 2.45) is 5.73 Å². The van der Waals surface area contributed by atoms with Gasteiger partial charge in [-0.05, 0) is 52.3 Å². The number of halogens is 1. The van der Waals surface area contributed by atoms with E-state index in [2.05, 4.69) is 26.6 Å². The van der Waals surface area contributed by atoms with Crippen molar-refractivity contribution in [3.8, 4) is 0 Å². The van der Waals surface area contributed by atoms with E-state index in [9.17, 15) is 14.4 Å². The molecule has 0 saturated heterocycles. The lowest BCUT2D eigenvalue weighted by Gasteiger charge is -2.06. The molecule has 0 unspecified atom stereocenters. The Balaban J connectivity index is 1.85. The predicted molar refractivity (Wildman–Crippen MR) is 82.3 cm³/mol. The second kappa shape index (κ2) is 6.90. The molecule has 2 rings (SSSR count). The summed E-state index contributed by atoms with van der Waals surface area (Å²) in [6.07, 6.45) is 0. The molecular formula is C14H12BrN3O4. The third kappa shape index (κ3) is 4.19. The number of nitrogens with one attached hydrogen (secondary N) is 2. The van der Waals surface area contributed by atoms with Crippen LogP contribution in [-0.4, -0.2) is 24.3 Å². The van der Waals surface area contributed by atoms with Gasteiger partial charge < -0.3 is 20.8 Å². The molecule has 0 radical (unpaired) electrons. The molecule has 0 fully saturated rings. The van der Waals surface area contributed by atoms with Gasteiger partial charge in [-0.15, -0.1) is 0 Å². The number of furan rings is 1. The zero-order valence-corrected chi connectivity index (χ0v) is 12.8. The van der Waals surface area contributed by atoms with Crippen LogP contribution in [0, 0.1) is 0 Å². The van der Waals surface area contributed by atoms with Crippen LogP contribution < -0.4 is 16.4 Å². The maximum Gasteiger partial charge on any atom is 0.287 e. The van der Waals surface area contributed by atoms with Crippen LogP contribution in [0.5, 0.6) is 0 Å². The van der Waals surface area contributed by atoms with E-state index in [1.54, 1.807) is 18.2 Å². The second-order valence-corrected chi connectivity index (χ2v) is 5.06. The molecule has 0 spiro atoms. The first-order valence-corrected chi connectivity index (χ1v) is 6.98. The molecule has 1 aromatic heterocycles. The summed E-state index contributed by atoms with van der Waals surface area (Å²) in [5.74, 6) is -1.35. The maximum atomic E-state index is 11.7. The van der Waals surface area contributed by atoms with Gasteiger partial charge in [0.2, 0.25) is 11.8 Å². The van der Waals surface area contributed by atoms with Crippen molar-refractivity contribution in [3.05, 3.63) is 52.4 Å². The Labute approximate surface area is 134 Å². The lowest BCUT2D eigenvalue weighted by atomic mass is 10.2. The van der Waals surface area contributed by atoms with Gasteiger partial charge in [0.15, 0.2) is 10.4 Å². The molecule has 8 heteroatoms. The summed E-state index contributed by atoms with van der Waals surface area (Å²) in [5.41, 5.74) is 5.95. The van der Waals surface area contributed by atoms with E-state index in [0.29, 0.717) is 15.9 Å². The Hall–Kier alpha value is -2.61. The van der Waals surface area contributed by atoms with Crippen LogP contribution in [0.3, 0.4) is 0 Å². The highest BCUT2D eigenvalue weighted by Crippen LogP contribution is 2.13. The zero-order valence-electron chi connectivity index (χ0n) is 11.3. The third-order valence-electron chi connectivity index (χ3n) is 2.66. The van der Waals surface area contributed by atoms with Gasteiger partial charge in [-0.25, -0.2) is 0 Å². The van der Waals surface area contributed by atoms with E-state index >= 15 is 0 Å². The van der Waals surface area contributed by atoms with Gasteiger partial charge in [0, 0.05) is 11.3 Å². The molecule has 0 aliphatic carbocycles. The van der Waals surface area contributed by atoms with Gasteiger partial charge in [-0.2, -0.15) is 0 Å². The number of carbonyl (C=O) groups excluding carboxylic acids is 3. The number of carbonyl (C=O) groups is 3. The van der Waals surface area contributed by atoms with Crippen LogP contribution >= 0.6 is 15.9 Å². The molecule has 0 atom stereocenters. The van der Waals surface area contributed by atoms with Crippen LogP contribution in [0.2, 0.25) is 0 Å².